The van der Waals surface area contributed by atoms with Crippen LogP contribution in [-0.2, 0) is 6.54 Å². The van der Waals surface area contributed by atoms with E-state index in [1.54, 1.807) is 32.4 Å². The third-order valence-electron chi connectivity index (χ3n) is 4.69. The standard InChI is InChI=1S/C23H20N2O3/c1-27-19-11-17(12-20(13-19)28-2)23(26)24-14-18-10-9-16-8-7-15-5-3-4-6-21(15)22(16)25-18/h3-13H,14H2,1-2H3,(H,24,26). The predicted octanol–water partition coefficient (Wildman–Crippen LogP) is 4.34. The lowest BCUT2D eigenvalue weighted by molar-refractivity contribution is 0.0949. The number of carbonyl (C=O) groups excluding carboxylic acids is 1. The maximum Gasteiger partial charge on any atom is 0.251 e. The topological polar surface area (TPSA) is 60.5 Å². The SMILES string of the molecule is COc1cc(OC)cc(C(=O)NCc2ccc3ccc4ccccc4c3n2)c1. The second-order valence-electron chi connectivity index (χ2n) is 6.45. The van der Waals surface area contributed by atoms with E-state index in [1.165, 1.54) is 0 Å². The smallest absolute Gasteiger partial charge is 0.251 e. The number of rotatable bonds is 5. The minimum absolute atomic E-state index is 0.211. The summed E-state index contributed by atoms with van der Waals surface area (Å²) in [7, 11) is 3.11. The van der Waals surface area contributed by atoms with Crippen molar-refractivity contribution in [2.24, 2.45) is 0 Å². The number of methoxy groups -OCH3 is 2. The first kappa shape index (κ1) is 17.8. The zero-order valence-electron chi connectivity index (χ0n) is 15.7. The molecule has 1 aromatic heterocycles. The van der Waals surface area contributed by atoms with Gasteiger partial charge in [0.25, 0.3) is 5.91 Å². The number of pyridine rings is 1. The molecule has 1 amide bonds. The molecule has 0 aliphatic carbocycles. The fourth-order valence-electron chi connectivity index (χ4n) is 3.21. The number of aromatic nitrogens is 1. The number of hydrogen-bond acceptors (Lipinski definition) is 4. The van der Waals surface area contributed by atoms with E-state index in [2.05, 4.69) is 29.6 Å². The molecule has 3 aromatic carbocycles. The van der Waals surface area contributed by atoms with E-state index < -0.39 is 0 Å². The van der Waals surface area contributed by atoms with Crippen molar-refractivity contribution in [2.45, 2.75) is 6.54 Å². The fraction of sp³-hybridized carbons (Fsp3) is 0.130. The van der Waals surface area contributed by atoms with Crippen LogP contribution >= 0.6 is 0 Å². The summed E-state index contributed by atoms with van der Waals surface area (Å²) in [5.74, 6) is 0.927. The summed E-state index contributed by atoms with van der Waals surface area (Å²) >= 11 is 0. The van der Waals surface area contributed by atoms with E-state index in [0.717, 1.165) is 27.4 Å². The van der Waals surface area contributed by atoms with Crippen molar-refractivity contribution in [3.05, 3.63) is 78.0 Å². The third-order valence-corrected chi connectivity index (χ3v) is 4.69. The molecule has 4 rings (SSSR count). The van der Waals surface area contributed by atoms with Crippen LogP contribution in [0.15, 0.2) is 66.7 Å². The minimum atomic E-state index is -0.211. The van der Waals surface area contributed by atoms with Gasteiger partial charge in [0.1, 0.15) is 11.5 Å². The van der Waals surface area contributed by atoms with Gasteiger partial charge >= 0.3 is 0 Å². The van der Waals surface area contributed by atoms with E-state index in [1.807, 2.05) is 24.3 Å². The molecule has 0 aliphatic rings. The van der Waals surface area contributed by atoms with Crippen molar-refractivity contribution in [2.75, 3.05) is 14.2 Å². The Hall–Kier alpha value is -3.60. The van der Waals surface area contributed by atoms with Crippen molar-refractivity contribution in [1.82, 2.24) is 10.3 Å². The highest BCUT2D eigenvalue weighted by Crippen LogP contribution is 2.24. The molecule has 0 radical (unpaired) electrons. The molecule has 0 fully saturated rings. The lowest BCUT2D eigenvalue weighted by Crippen LogP contribution is -2.23. The van der Waals surface area contributed by atoms with Gasteiger partial charge < -0.3 is 14.8 Å². The molecule has 0 atom stereocenters. The van der Waals surface area contributed by atoms with Crippen LogP contribution in [0.4, 0.5) is 0 Å². The van der Waals surface area contributed by atoms with Crippen LogP contribution in [0, 0.1) is 0 Å². The summed E-state index contributed by atoms with van der Waals surface area (Å²) in [6.45, 7) is 0.331. The molecule has 0 aliphatic heterocycles. The molecule has 1 heterocycles. The van der Waals surface area contributed by atoms with Gasteiger partial charge in [-0.3, -0.25) is 9.78 Å². The van der Waals surface area contributed by atoms with Gasteiger partial charge in [-0.25, -0.2) is 0 Å². The maximum atomic E-state index is 12.6. The van der Waals surface area contributed by atoms with Gasteiger partial charge in [-0.15, -0.1) is 0 Å². The predicted molar refractivity (Wildman–Crippen MR) is 110 cm³/mol. The largest absolute Gasteiger partial charge is 0.497 e. The highest BCUT2D eigenvalue weighted by Gasteiger charge is 2.10. The number of benzene rings is 3. The van der Waals surface area contributed by atoms with Gasteiger partial charge in [-0.05, 0) is 23.6 Å². The lowest BCUT2D eigenvalue weighted by atomic mass is 10.1. The first-order chi connectivity index (χ1) is 13.7. The molecule has 0 saturated heterocycles. The molecule has 0 spiro atoms. The third kappa shape index (κ3) is 3.47. The normalized spacial score (nSPS) is 10.8. The highest BCUT2D eigenvalue weighted by molar-refractivity contribution is 6.05. The van der Waals surface area contributed by atoms with Crippen LogP contribution in [0.1, 0.15) is 16.1 Å². The summed E-state index contributed by atoms with van der Waals surface area (Å²) in [5, 5.41) is 6.24. The molecule has 0 unspecified atom stereocenters. The number of fused-ring (bicyclic) bond motifs is 3. The second kappa shape index (κ2) is 7.56. The molecule has 1 N–H and O–H groups in total. The van der Waals surface area contributed by atoms with Crippen LogP contribution in [0.3, 0.4) is 0 Å². The molecule has 0 bridgehead atoms. The Morgan fingerprint density at radius 2 is 1.57 bits per heavy atom. The second-order valence-corrected chi connectivity index (χ2v) is 6.45. The monoisotopic (exact) mass is 372 g/mol. The van der Waals surface area contributed by atoms with Gasteiger partial charge in [-0.2, -0.15) is 0 Å². The Bertz CT molecular complexity index is 1150. The van der Waals surface area contributed by atoms with Crippen LogP contribution < -0.4 is 14.8 Å². The number of ether oxygens (including phenoxy) is 2. The van der Waals surface area contributed by atoms with Gasteiger partial charge in [-0.1, -0.05) is 42.5 Å². The van der Waals surface area contributed by atoms with Crippen LogP contribution in [0.5, 0.6) is 11.5 Å². The molecular formula is C23H20N2O3. The molecular weight excluding hydrogens is 352 g/mol. The van der Waals surface area contributed by atoms with Crippen LogP contribution in [-0.4, -0.2) is 25.1 Å². The van der Waals surface area contributed by atoms with E-state index >= 15 is 0 Å². The van der Waals surface area contributed by atoms with Crippen molar-refractivity contribution in [3.63, 3.8) is 0 Å². The van der Waals surface area contributed by atoms with Crippen molar-refractivity contribution >= 4 is 27.6 Å². The molecule has 4 aromatic rings. The van der Waals surface area contributed by atoms with Crippen LogP contribution in [0.25, 0.3) is 21.7 Å². The van der Waals surface area contributed by atoms with Crippen molar-refractivity contribution in [3.8, 4) is 11.5 Å². The maximum absolute atomic E-state index is 12.6. The summed E-state index contributed by atoms with van der Waals surface area (Å²) in [4.78, 5) is 17.4. The quantitative estimate of drug-likeness (QED) is 0.530. The van der Waals surface area contributed by atoms with Gasteiger partial charge in [0.2, 0.25) is 0 Å². The van der Waals surface area contributed by atoms with Crippen LogP contribution in [0.2, 0.25) is 0 Å². The average Bonchev–Trinajstić information content (AvgIpc) is 2.76. The van der Waals surface area contributed by atoms with Crippen molar-refractivity contribution in [1.29, 1.82) is 0 Å². The van der Waals surface area contributed by atoms with E-state index in [9.17, 15) is 4.79 Å². The number of hydrogen-bond donors (Lipinski definition) is 1. The van der Waals surface area contributed by atoms with E-state index in [-0.39, 0.29) is 5.91 Å². The molecule has 5 heteroatoms. The Balaban J connectivity index is 1.59. The number of carbonyl (C=O) groups is 1. The summed E-state index contributed by atoms with van der Waals surface area (Å²) in [6, 6.07) is 21.4. The highest BCUT2D eigenvalue weighted by atomic mass is 16.5. The van der Waals surface area contributed by atoms with E-state index in [0.29, 0.717) is 23.6 Å². The Labute approximate surface area is 162 Å². The van der Waals surface area contributed by atoms with Crippen molar-refractivity contribution < 1.29 is 14.3 Å². The Morgan fingerprint density at radius 3 is 2.32 bits per heavy atom. The number of amides is 1. The summed E-state index contributed by atoms with van der Waals surface area (Å²) in [5.41, 5.74) is 2.21. The van der Waals surface area contributed by atoms with Gasteiger partial charge in [0.05, 0.1) is 32.0 Å². The Kier molecular flexibility index (Phi) is 4.81. The Morgan fingerprint density at radius 1 is 0.893 bits per heavy atom. The fourth-order valence-corrected chi connectivity index (χ4v) is 3.21. The molecule has 28 heavy (non-hydrogen) atoms. The number of nitrogens with one attached hydrogen (secondary N) is 1. The average molecular weight is 372 g/mol. The lowest BCUT2D eigenvalue weighted by Gasteiger charge is -2.10. The summed E-state index contributed by atoms with van der Waals surface area (Å²) < 4.78 is 10.5. The zero-order valence-corrected chi connectivity index (χ0v) is 15.7. The molecule has 0 saturated carbocycles. The molecule has 5 nitrogen and oxygen atoms in total. The summed E-state index contributed by atoms with van der Waals surface area (Å²) in [6.07, 6.45) is 0. The first-order valence-corrected chi connectivity index (χ1v) is 8.96. The van der Waals surface area contributed by atoms with E-state index in [4.69, 9.17) is 14.5 Å². The first-order valence-electron chi connectivity index (χ1n) is 8.96. The minimum Gasteiger partial charge on any atom is -0.497 e. The zero-order chi connectivity index (χ0) is 19.5. The van der Waals surface area contributed by atoms with Gasteiger partial charge in [0, 0.05) is 22.4 Å². The molecule has 140 valence electrons. The number of nitrogens with zero attached hydrogens (tertiary/aromatic N) is 1. The van der Waals surface area contributed by atoms with Gasteiger partial charge in [0.15, 0.2) is 0 Å².